The van der Waals surface area contributed by atoms with Crippen molar-refractivity contribution in [1.82, 2.24) is 5.32 Å². The summed E-state index contributed by atoms with van der Waals surface area (Å²) < 4.78 is 21.6. The first-order valence-electron chi connectivity index (χ1n) is 8.48. The van der Waals surface area contributed by atoms with Crippen LogP contribution in [0.15, 0.2) is 46.9 Å². The van der Waals surface area contributed by atoms with E-state index in [9.17, 15) is 9.59 Å². The molecular weight excluding hydrogens is 430 g/mol. The number of hydrogen-bond acceptors (Lipinski definition) is 6. The van der Waals surface area contributed by atoms with Gasteiger partial charge in [-0.3, -0.25) is 4.79 Å². The number of esters is 1. The van der Waals surface area contributed by atoms with Crippen LogP contribution in [0.1, 0.15) is 18.5 Å². The minimum atomic E-state index is -0.637. The quantitative estimate of drug-likeness (QED) is 0.589. The van der Waals surface area contributed by atoms with Crippen molar-refractivity contribution in [1.29, 1.82) is 0 Å². The van der Waals surface area contributed by atoms with Gasteiger partial charge in [0.25, 0.3) is 5.91 Å². The van der Waals surface area contributed by atoms with Gasteiger partial charge in [-0.25, -0.2) is 4.79 Å². The van der Waals surface area contributed by atoms with Gasteiger partial charge in [0, 0.05) is 10.0 Å². The van der Waals surface area contributed by atoms with Crippen LogP contribution >= 0.6 is 15.9 Å². The zero-order chi connectivity index (χ0) is 20.5. The second-order valence-electron chi connectivity index (χ2n) is 5.80. The van der Waals surface area contributed by atoms with E-state index in [1.54, 1.807) is 57.5 Å². The highest BCUT2D eigenvalue weighted by Gasteiger charge is 2.16. The maximum atomic E-state index is 12.1. The molecule has 8 heteroatoms. The van der Waals surface area contributed by atoms with Crippen molar-refractivity contribution in [3.63, 3.8) is 0 Å². The van der Waals surface area contributed by atoms with Crippen molar-refractivity contribution in [2.45, 2.75) is 13.0 Å². The molecule has 28 heavy (non-hydrogen) atoms. The molecule has 150 valence electrons. The molecule has 2 aromatic rings. The number of methoxy groups -OCH3 is 2. The fraction of sp³-hybridized carbons (Fsp3) is 0.300. The van der Waals surface area contributed by atoms with E-state index in [0.717, 1.165) is 10.0 Å². The fourth-order valence-corrected chi connectivity index (χ4v) is 2.80. The molecule has 0 heterocycles. The van der Waals surface area contributed by atoms with Crippen LogP contribution < -0.4 is 19.5 Å². The van der Waals surface area contributed by atoms with Gasteiger partial charge in [-0.1, -0.05) is 22.0 Å². The first-order valence-corrected chi connectivity index (χ1v) is 9.27. The molecule has 1 N–H and O–H groups in total. The Morgan fingerprint density at radius 3 is 2.50 bits per heavy atom. The molecule has 1 atom stereocenters. The number of amides is 1. The van der Waals surface area contributed by atoms with Crippen LogP contribution in [0.3, 0.4) is 0 Å². The third-order valence-corrected chi connectivity index (χ3v) is 4.29. The van der Waals surface area contributed by atoms with Gasteiger partial charge < -0.3 is 24.3 Å². The Kier molecular flexibility index (Phi) is 8.13. The smallest absolute Gasteiger partial charge is 0.344 e. The lowest BCUT2D eigenvalue weighted by atomic mass is 10.1. The van der Waals surface area contributed by atoms with Crippen molar-refractivity contribution < 1.29 is 28.5 Å². The van der Waals surface area contributed by atoms with E-state index in [-0.39, 0.29) is 12.6 Å². The number of rotatable bonds is 9. The molecule has 0 aliphatic carbocycles. The lowest BCUT2D eigenvalue weighted by Crippen LogP contribution is -2.32. The molecule has 0 fully saturated rings. The number of nitrogens with one attached hydrogen (secondary N) is 1. The summed E-state index contributed by atoms with van der Waals surface area (Å²) in [5, 5.41) is 2.76. The molecule has 2 rings (SSSR count). The van der Waals surface area contributed by atoms with Gasteiger partial charge in [-0.2, -0.15) is 0 Å². The monoisotopic (exact) mass is 451 g/mol. The van der Waals surface area contributed by atoms with Gasteiger partial charge in [0.05, 0.1) is 20.3 Å². The van der Waals surface area contributed by atoms with Gasteiger partial charge in [0.2, 0.25) is 0 Å². The third-order valence-electron chi connectivity index (χ3n) is 3.80. The van der Waals surface area contributed by atoms with E-state index >= 15 is 0 Å². The molecule has 1 amide bonds. The Labute approximate surface area is 172 Å². The van der Waals surface area contributed by atoms with Gasteiger partial charge in [0.1, 0.15) is 17.2 Å². The van der Waals surface area contributed by atoms with E-state index in [1.165, 1.54) is 0 Å². The van der Waals surface area contributed by atoms with Gasteiger partial charge in [-0.05, 0) is 43.3 Å². The topological polar surface area (TPSA) is 83.1 Å². The van der Waals surface area contributed by atoms with E-state index in [4.69, 9.17) is 18.9 Å². The first-order chi connectivity index (χ1) is 13.4. The summed E-state index contributed by atoms with van der Waals surface area (Å²) in [5.74, 6) is 0.713. The zero-order valence-electron chi connectivity index (χ0n) is 15.9. The summed E-state index contributed by atoms with van der Waals surface area (Å²) >= 11 is 3.31. The fourth-order valence-electron chi connectivity index (χ4n) is 2.43. The molecule has 0 radical (unpaired) electrons. The van der Waals surface area contributed by atoms with Gasteiger partial charge >= 0.3 is 5.97 Å². The Bertz CT molecular complexity index is 826. The summed E-state index contributed by atoms with van der Waals surface area (Å²) in [6.07, 6.45) is 0. The predicted octanol–water partition coefficient (Wildman–Crippen LogP) is 3.27. The second kappa shape index (κ2) is 10.6. The van der Waals surface area contributed by atoms with Crippen molar-refractivity contribution in [3.8, 4) is 17.2 Å². The molecule has 0 aliphatic heterocycles. The van der Waals surface area contributed by atoms with Crippen LogP contribution in [0.5, 0.6) is 17.2 Å². The largest absolute Gasteiger partial charge is 0.497 e. The lowest BCUT2D eigenvalue weighted by molar-refractivity contribution is -0.150. The maximum Gasteiger partial charge on any atom is 0.344 e. The number of benzene rings is 2. The molecule has 0 aliphatic rings. The van der Waals surface area contributed by atoms with Crippen LogP contribution in [-0.4, -0.2) is 39.3 Å². The highest BCUT2D eigenvalue weighted by molar-refractivity contribution is 9.10. The number of carbonyl (C=O) groups is 2. The molecule has 0 saturated carbocycles. The van der Waals surface area contributed by atoms with Crippen LogP contribution in [0.4, 0.5) is 0 Å². The van der Waals surface area contributed by atoms with E-state index in [2.05, 4.69) is 21.2 Å². The minimum Gasteiger partial charge on any atom is -0.497 e. The molecule has 2 aromatic carbocycles. The summed E-state index contributed by atoms with van der Waals surface area (Å²) in [5.41, 5.74) is 0.750. The normalized spacial score (nSPS) is 11.3. The SMILES string of the molecule is COc1ccc(OC)c(C(C)NC(=O)COC(=O)COc2cccc(Br)c2)c1. The molecule has 7 nitrogen and oxygen atoms in total. The molecule has 0 aromatic heterocycles. The van der Waals surface area contributed by atoms with E-state index in [0.29, 0.717) is 17.2 Å². The number of carbonyl (C=O) groups excluding carboxylic acids is 2. The summed E-state index contributed by atoms with van der Waals surface area (Å²) in [4.78, 5) is 23.9. The second-order valence-corrected chi connectivity index (χ2v) is 6.72. The molecular formula is C20H22BrNO6. The van der Waals surface area contributed by atoms with E-state index < -0.39 is 18.5 Å². The van der Waals surface area contributed by atoms with Crippen LogP contribution in [0, 0.1) is 0 Å². The van der Waals surface area contributed by atoms with Gasteiger partial charge in [0.15, 0.2) is 13.2 Å². The van der Waals surface area contributed by atoms with Crippen molar-refractivity contribution in [2.75, 3.05) is 27.4 Å². The highest BCUT2D eigenvalue weighted by Crippen LogP contribution is 2.29. The summed E-state index contributed by atoms with van der Waals surface area (Å²) in [6.45, 7) is 1.10. The van der Waals surface area contributed by atoms with Gasteiger partial charge in [-0.15, -0.1) is 0 Å². The Hall–Kier alpha value is -2.74. The zero-order valence-corrected chi connectivity index (χ0v) is 17.4. The van der Waals surface area contributed by atoms with Crippen LogP contribution in [0.2, 0.25) is 0 Å². The number of hydrogen-bond donors (Lipinski definition) is 1. The average molecular weight is 452 g/mol. The minimum absolute atomic E-state index is 0.289. The van der Waals surface area contributed by atoms with Crippen molar-refractivity contribution in [3.05, 3.63) is 52.5 Å². The standard InChI is InChI=1S/C20H22BrNO6/c1-13(17-10-15(25-2)7-8-18(17)26-3)22-19(23)11-28-20(24)12-27-16-6-4-5-14(21)9-16/h4-10,13H,11-12H2,1-3H3,(H,22,23). The van der Waals surface area contributed by atoms with Crippen molar-refractivity contribution in [2.24, 2.45) is 0 Å². The molecule has 0 spiro atoms. The average Bonchev–Trinajstić information content (AvgIpc) is 2.70. The maximum absolute atomic E-state index is 12.1. The number of ether oxygens (including phenoxy) is 4. The summed E-state index contributed by atoms with van der Waals surface area (Å²) in [7, 11) is 3.11. The Morgan fingerprint density at radius 1 is 1.04 bits per heavy atom. The molecule has 0 bridgehead atoms. The lowest BCUT2D eigenvalue weighted by Gasteiger charge is -2.18. The third kappa shape index (κ3) is 6.45. The summed E-state index contributed by atoms with van der Waals surface area (Å²) in [6, 6.07) is 12.0. The number of halogens is 1. The highest BCUT2D eigenvalue weighted by atomic mass is 79.9. The predicted molar refractivity (Wildman–Crippen MR) is 107 cm³/mol. The Balaban J connectivity index is 1.82. The van der Waals surface area contributed by atoms with E-state index in [1.807, 2.05) is 6.07 Å². The Morgan fingerprint density at radius 2 is 1.82 bits per heavy atom. The molecule has 0 saturated heterocycles. The molecule has 1 unspecified atom stereocenters. The van der Waals surface area contributed by atoms with Crippen molar-refractivity contribution >= 4 is 27.8 Å². The van der Waals surface area contributed by atoms with Crippen LogP contribution in [0.25, 0.3) is 0 Å². The van der Waals surface area contributed by atoms with Crippen LogP contribution in [-0.2, 0) is 14.3 Å². The first kappa shape index (κ1) is 21.6.